The molecule has 114 valence electrons. The van der Waals surface area contributed by atoms with Crippen molar-refractivity contribution in [3.8, 4) is 5.75 Å². The van der Waals surface area contributed by atoms with Gasteiger partial charge in [-0.3, -0.25) is 0 Å². The van der Waals surface area contributed by atoms with Crippen molar-refractivity contribution in [1.82, 2.24) is 5.32 Å². The molecule has 20 heavy (non-hydrogen) atoms. The van der Waals surface area contributed by atoms with Gasteiger partial charge in [-0.25, -0.2) is 0 Å². The summed E-state index contributed by atoms with van der Waals surface area (Å²) in [6.07, 6.45) is 4.41. The molecule has 0 fully saturated rings. The van der Waals surface area contributed by atoms with E-state index in [9.17, 15) is 0 Å². The lowest BCUT2D eigenvalue weighted by Crippen LogP contribution is -2.23. The summed E-state index contributed by atoms with van der Waals surface area (Å²) >= 11 is 1.88. The van der Waals surface area contributed by atoms with E-state index in [0.717, 1.165) is 30.9 Å². The number of ether oxygens (including phenoxy) is 2. The summed E-state index contributed by atoms with van der Waals surface area (Å²) in [6.45, 7) is 4.44. The van der Waals surface area contributed by atoms with Gasteiger partial charge in [0.1, 0.15) is 12.4 Å². The maximum absolute atomic E-state index is 5.85. The van der Waals surface area contributed by atoms with E-state index >= 15 is 0 Å². The molecule has 0 aliphatic rings. The summed E-state index contributed by atoms with van der Waals surface area (Å²) in [6, 6.07) is 8.68. The Morgan fingerprint density at radius 3 is 2.75 bits per heavy atom. The van der Waals surface area contributed by atoms with Gasteiger partial charge < -0.3 is 14.8 Å². The molecule has 0 bridgehead atoms. The van der Waals surface area contributed by atoms with E-state index in [0.29, 0.717) is 19.3 Å². The maximum Gasteiger partial charge on any atom is 0.124 e. The minimum absolute atomic E-state index is 0.362. The molecule has 1 rings (SSSR count). The van der Waals surface area contributed by atoms with E-state index in [1.807, 2.05) is 23.9 Å². The van der Waals surface area contributed by atoms with Gasteiger partial charge in [0, 0.05) is 18.7 Å². The number of nitrogens with one attached hydrogen (secondary N) is 1. The van der Waals surface area contributed by atoms with Gasteiger partial charge >= 0.3 is 0 Å². The minimum atomic E-state index is 0.362. The molecule has 0 aromatic heterocycles. The first-order valence-corrected chi connectivity index (χ1v) is 8.65. The Hall–Kier alpha value is -0.710. The topological polar surface area (TPSA) is 30.5 Å². The van der Waals surface area contributed by atoms with E-state index < -0.39 is 0 Å². The quantitative estimate of drug-likeness (QED) is 0.633. The minimum Gasteiger partial charge on any atom is -0.491 e. The molecule has 1 aromatic carbocycles. The van der Waals surface area contributed by atoms with E-state index in [2.05, 4.69) is 30.6 Å². The molecule has 0 saturated heterocycles. The molecule has 1 aromatic rings. The molecule has 1 N–H and O–H groups in total. The summed E-state index contributed by atoms with van der Waals surface area (Å²) in [4.78, 5) is 0. The molecule has 0 amide bonds. The van der Waals surface area contributed by atoms with Gasteiger partial charge in [-0.15, -0.1) is 0 Å². The lowest BCUT2D eigenvalue weighted by Gasteiger charge is -2.21. The average molecular weight is 297 g/mol. The summed E-state index contributed by atoms with van der Waals surface area (Å²) in [5.41, 5.74) is 1.26. The van der Waals surface area contributed by atoms with Crippen LogP contribution in [0.1, 0.15) is 31.4 Å². The molecule has 0 saturated carbocycles. The van der Waals surface area contributed by atoms with Crippen molar-refractivity contribution in [2.45, 2.75) is 25.8 Å². The van der Waals surface area contributed by atoms with Crippen LogP contribution in [0.15, 0.2) is 24.3 Å². The first kappa shape index (κ1) is 17.3. The predicted octanol–water partition coefficient (Wildman–Crippen LogP) is 3.51. The molecule has 0 spiro atoms. The molecule has 1 atom stereocenters. The Morgan fingerprint density at radius 1 is 1.25 bits per heavy atom. The zero-order valence-corrected chi connectivity index (χ0v) is 13.7. The Bertz CT molecular complexity index is 352. The third-order valence-corrected chi connectivity index (χ3v) is 3.73. The molecule has 0 aliphatic carbocycles. The first-order chi connectivity index (χ1) is 9.83. The molecule has 0 heterocycles. The molecule has 4 heteroatoms. The Labute approximate surface area is 127 Å². The van der Waals surface area contributed by atoms with Crippen molar-refractivity contribution < 1.29 is 9.47 Å². The van der Waals surface area contributed by atoms with Crippen molar-refractivity contribution in [2.75, 3.05) is 38.9 Å². The lowest BCUT2D eigenvalue weighted by atomic mass is 10.0. The van der Waals surface area contributed by atoms with Gasteiger partial charge in [0.15, 0.2) is 0 Å². The Morgan fingerprint density at radius 2 is 2.05 bits per heavy atom. The fraction of sp³-hybridized carbons (Fsp3) is 0.625. The number of hydrogen-bond donors (Lipinski definition) is 1. The second-order valence-electron chi connectivity index (χ2n) is 4.67. The molecule has 1 unspecified atom stereocenters. The fourth-order valence-corrected chi connectivity index (χ4v) is 2.53. The van der Waals surface area contributed by atoms with Crippen LogP contribution >= 0.6 is 11.8 Å². The molecular formula is C16H27NO2S. The largest absolute Gasteiger partial charge is 0.491 e. The third-order valence-electron chi connectivity index (χ3n) is 3.09. The van der Waals surface area contributed by atoms with Crippen LogP contribution in [0.2, 0.25) is 0 Å². The van der Waals surface area contributed by atoms with Gasteiger partial charge in [-0.1, -0.05) is 25.1 Å². The van der Waals surface area contributed by atoms with Gasteiger partial charge in [0.2, 0.25) is 0 Å². The number of hydrogen-bond acceptors (Lipinski definition) is 4. The van der Waals surface area contributed by atoms with Crippen LogP contribution < -0.4 is 10.1 Å². The Balaban J connectivity index is 2.75. The predicted molar refractivity (Wildman–Crippen MR) is 87.8 cm³/mol. The second kappa shape index (κ2) is 11.0. The highest BCUT2D eigenvalue weighted by molar-refractivity contribution is 7.98. The number of methoxy groups -OCH3 is 1. The van der Waals surface area contributed by atoms with Crippen LogP contribution in [0, 0.1) is 0 Å². The van der Waals surface area contributed by atoms with Crippen LogP contribution in [-0.2, 0) is 4.74 Å². The highest BCUT2D eigenvalue weighted by Gasteiger charge is 2.15. The van der Waals surface area contributed by atoms with Gasteiger partial charge in [0.25, 0.3) is 0 Å². The summed E-state index contributed by atoms with van der Waals surface area (Å²) in [5.74, 6) is 2.12. The van der Waals surface area contributed by atoms with Gasteiger partial charge in [0.05, 0.1) is 6.61 Å². The first-order valence-electron chi connectivity index (χ1n) is 7.26. The van der Waals surface area contributed by atoms with Crippen LogP contribution in [0.25, 0.3) is 0 Å². The molecule has 0 radical (unpaired) electrons. The molecule has 3 nitrogen and oxygen atoms in total. The van der Waals surface area contributed by atoms with Crippen LogP contribution in [0.4, 0.5) is 0 Å². The number of thioether (sulfide) groups is 1. The van der Waals surface area contributed by atoms with Crippen LogP contribution in [0.3, 0.4) is 0 Å². The van der Waals surface area contributed by atoms with Crippen molar-refractivity contribution in [1.29, 1.82) is 0 Å². The van der Waals surface area contributed by atoms with Crippen molar-refractivity contribution >= 4 is 11.8 Å². The van der Waals surface area contributed by atoms with E-state index in [4.69, 9.17) is 9.47 Å². The van der Waals surface area contributed by atoms with Crippen molar-refractivity contribution in [3.05, 3.63) is 29.8 Å². The van der Waals surface area contributed by atoms with Crippen LogP contribution in [-0.4, -0.2) is 38.9 Å². The van der Waals surface area contributed by atoms with Gasteiger partial charge in [-0.2, -0.15) is 11.8 Å². The Kier molecular flexibility index (Phi) is 9.54. The normalized spacial score (nSPS) is 12.3. The number of para-hydroxylation sites is 1. The van der Waals surface area contributed by atoms with E-state index in [1.165, 1.54) is 5.56 Å². The zero-order chi connectivity index (χ0) is 14.6. The third kappa shape index (κ3) is 6.16. The van der Waals surface area contributed by atoms with Gasteiger partial charge in [-0.05, 0) is 37.5 Å². The van der Waals surface area contributed by atoms with Crippen molar-refractivity contribution in [3.63, 3.8) is 0 Å². The second-order valence-corrected chi connectivity index (χ2v) is 5.65. The molecule has 0 aliphatic heterocycles. The number of benzene rings is 1. The fourth-order valence-electron chi connectivity index (χ4n) is 2.06. The highest BCUT2D eigenvalue weighted by atomic mass is 32.2. The number of rotatable bonds is 11. The maximum atomic E-state index is 5.85. The SMILES string of the molecule is CCCNC(CCSC)c1ccccc1OCCOC. The standard InChI is InChI=1S/C16H27NO2S/c1-4-10-17-15(9-13-20-3)14-7-5-6-8-16(14)19-12-11-18-2/h5-8,15,17H,4,9-13H2,1-3H3. The van der Waals surface area contributed by atoms with Crippen LogP contribution in [0.5, 0.6) is 5.75 Å². The summed E-state index contributed by atoms with van der Waals surface area (Å²) < 4.78 is 10.9. The molecular weight excluding hydrogens is 270 g/mol. The van der Waals surface area contributed by atoms with E-state index in [-0.39, 0.29) is 0 Å². The highest BCUT2D eigenvalue weighted by Crippen LogP contribution is 2.28. The summed E-state index contributed by atoms with van der Waals surface area (Å²) in [5, 5.41) is 3.63. The van der Waals surface area contributed by atoms with E-state index in [1.54, 1.807) is 7.11 Å². The average Bonchev–Trinajstić information content (AvgIpc) is 2.48. The zero-order valence-electron chi connectivity index (χ0n) is 12.9. The monoisotopic (exact) mass is 297 g/mol. The lowest BCUT2D eigenvalue weighted by molar-refractivity contribution is 0.145. The van der Waals surface area contributed by atoms with Crippen molar-refractivity contribution in [2.24, 2.45) is 0 Å². The smallest absolute Gasteiger partial charge is 0.124 e. The summed E-state index contributed by atoms with van der Waals surface area (Å²) in [7, 11) is 1.69.